The smallest absolute Gasteiger partial charge is 0.227 e. The van der Waals surface area contributed by atoms with E-state index in [1.165, 1.54) is 0 Å². The lowest BCUT2D eigenvalue weighted by Crippen LogP contribution is -2.45. The lowest BCUT2D eigenvalue weighted by Gasteiger charge is -2.32. The Morgan fingerprint density at radius 3 is 2.28 bits per heavy atom. The molecule has 4 heteroatoms. The van der Waals surface area contributed by atoms with Crippen molar-refractivity contribution in [2.75, 3.05) is 13.1 Å². The summed E-state index contributed by atoms with van der Waals surface area (Å²) in [4.78, 5) is 26.8. The summed E-state index contributed by atoms with van der Waals surface area (Å²) in [6, 6.07) is 19.6. The summed E-state index contributed by atoms with van der Waals surface area (Å²) in [6.07, 6.45) is 2.12. The molecule has 1 fully saturated rings. The van der Waals surface area contributed by atoms with Crippen molar-refractivity contribution in [3.05, 3.63) is 71.8 Å². The number of piperidine rings is 1. The molecular weight excluding hydrogens is 312 g/mol. The van der Waals surface area contributed by atoms with E-state index >= 15 is 0 Å². The van der Waals surface area contributed by atoms with Gasteiger partial charge in [-0.2, -0.15) is 0 Å². The van der Waals surface area contributed by atoms with Crippen molar-refractivity contribution in [1.82, 2.24) is 10.2 Å². The number of amides is 2. The SMILES string of the molecule is O=C(NCc1ccccc1)C1CCCN(C(=O)Cc2ccccc2)C1. The topological polar surface area (TPSA) is 49.4 Å². The number of hydrogen-bond acceptors (Lipinski definition) is 2. The van der Waals surface area contributed by atoms with Crippen molar-refractivity contribution < 1.29 is 9.59 Å². The number of nitrogens with zero attached hydrogens (tertiary/aromatic N) is 1. The maximum Gasteiger partial charge on any atom is 0.227 e. The Balaban J connectivity index is 1.51. The van der Waals surface area contributed by atoms with Crippen LogP contribution in [0.5, 0.6) is 0 Å². The number of nitrogens with one attached hydrogen (secondary N) is 1. The second-order valence-electron chi connectivity index (χ2n) is 6.54. The van der Waals surface area contributed by atoms with Gasteiger partial charge in [0, 0.05) is 19.6 Å². The van der Waals surface area contributed by atoms with Crippen LogP contribution in [0.15, 0.2) is 60.7 Å². The van der Waals surface area contributed by atoms with Crippen LogP contribution in [-0.2, 0) is 22.6 Å². The molecule has 2 aromatic carbocycles. The largest absolute Gasteiger partial charge is 0.352 e. The van der Waals surface area contributed by atoms with E-state index in [2.05, 4.69) is 5.32 Å². The predicted octanol–water partition coefficient (Wildman–Crippen LogP) is 2.78. The Morgan fingerprint density at radius 2 is 1.60 bits per heavy atom. The zero-order chi connectivity index (χ0) is 17.5. The summed E-state index contributed by atoms with van der Waals surface area (Å²) in [7, 11) is 0. The van der Waals surface area contributed by atoms with Crippen LogP contribution in [0.3, 0.4) is 0 Å². The van der Waals surface area contributed by atoms with Gasteiger partial charge in [-0.3, -0.25) is 9.59 Å². The average Bonchev–Trinajstić information content (AvgIpc) is 2.68. The molecule has 0 spiro atoms. The molecule has 2 amide bonds. The number of carbonyl (C=O) groups excluding carboxylic acids is 2. The van der Waals surface area contributed by atoms with E-state index in [-0.39, 0.29) is 17.7 Å². The minimum absolute atomic E-state index is 0.0427. The summed E-state index contributed by atoms with van der Waals surface area (Å²) >= 11 is 0. The van der Waals surface area contributed by atoms with Gasteiger partial charge in [0.15, 0.2) is 0 Å². The molecule has 3 rings (SSSR count). The molecule has 0 aromatic heterocycles. The van der Waals surface area contributed by atoms with Crippen molar-refractivity contribution in [3.8, 4) is 0 Å². The van der Waals surface area contributed by atoms with Gasteiger partial charge in [0.2, 0.25) is 11.8 Å². The molecule has 1 heterocycles. The van der Waals surface area contributed by atoms with Crippen LogP contribution in [0.1, 0.15) is 24.0 Å². The van der Waals surface area contributed by atoms with E-state index in [1.807, 2.05) is 65.6 Å². The average molecular weight is 336 g/mol. The zero-order valence-corrected chi connectivity index (χ0v) is 14.4. The van der Waals surface area contributed by atoms with Crippen LogP contribution in [0.25, 0.3) is 0 Å². The minimum Gasteiger partial charge on any atom is -0.352 e. The molecule has 1 saturated heterocycles. The molecule has 25 heavy (non-hydrogen) atoms. The van der Waals surface area contributed by atoms with Crippen molar-refractivity contribution in [2.45, 2.75) is 25.8 Å². The molecule has 1 unspecified atom stereocenters. The number of hydrogen-bond donors (Lipinski definition) is 1. The normalized spacial score (nSPS) is 17.1. The first kappa shape index (κ1) is 17.2. The van der Waals surface area contributed by atoms with Gasteiger partial charge in [-0.05, 0) is 24.0 Å². The third kappa shape index (κ3) is 4.92. The van der Waals surface area contributed by atoms with Crippen molar-refractivity contribution >= 4 is 11.8 Å². The third-order valence-corrected chi connectivity index (χ3v) is 4.65. The molecule has 0 aliphatic carbocycles. The van der Waals surface area contributed by atoms with Gasteiger partial charge >= 0.3 is 0 Å². The van der Waals surface area contributed by atoms with Gasteiger partial charge in [0.05, 0.1) is 12.3 Å². The van der Waals surface area contributed by atoms with Gasteiger partial charge in [-0.15, -0.1) is 0 Å². The highest BCUT2D eigenvalue weighted by Crippen LogP contribution is 2.18. The highest BCUT2D eigenvalue weighted by atomic mass is 16.2. The van der Waals surface area contributed by atoms with E-state index < -0.39 is 0 Å². The van der Waals surface area contributed by atoms with Gasteiger partial charge in [-0.1, -0.05) is 60.7 Å². The van der Waals surface area contributed by atoms with Crippen LogP contribution in [0, 0.1) is 5.92 Å². The van der Waals surface area contributed by atoms with E-state index in [1.54, 1.807) is 0 Å². The summed E-state index contributed by atoms with van der Waals surface area (Å²) in [5.74, 6) is 0.0324. The van der Waals surface area contributed by atoms with Crippen LogP contribution in [0.4, 0.5) is 0 Å². The first-order chi connectivity index (χ1) is 12.2. The molecule has 2 aromatic rings. The predicted molar refractivity (Wildman–Crippen MR) is 97.7 cm³/mol. The Bertz CT molecular complexity index is 700. The number of benzene rings is 2. The third-order valence-electron chi connectivity index (χ3n) is 4.65. The monoisotopic (exact) mass is 336 g/mol. The van der Waals surface area contributed by atoms with E-state index in [0.29, 0.717) is 19.5 Å². The lowest BCUT2D eigenvalue weighted by atomic mass is 9.96. The number of rotatable bonds is 5. The molecule has 0 bridgehead atoms. The highest BCUT2D eigenvalue weighted by Gasteiger charge is 2.28. The Labute approximate surface area is 148 Å². The van der Waals surface area contributed by atoms with Gasteiger partial charge in [0.25, 0.3) is 0 Å². The second-order valence-corrected chi connectivity index (χ2v) is 6.54. The van der Waals surface area contributed by atoms with Gasteiger partial charge in [-0.25, -0.2) is 0 Å². The summed E-state index contributed by atoms with van der Waals surface area (Å²) in [5.41, 5.74) is 2.10. The number of likely N-dealkylation sites (tertiary alicyclic amines) is 1. The first-order valence-electron chi connectivity index (χ1n) is 8.86. The van der Waals surface area contributed by atoms with Gasteiger partial charge in [0.1, 0.15) is 0 Å². The van der Waals surface area contributed by atoms with E-state index in [0.717, 1.165) is 30.5 Å². The van der Waals surface area contributed by atoms with Crippen LogP contribution >= 0.6 is 0 Å². The second kappa shape index (κ2) is 8.47. The molecule has 1 atom stereocenters. The molecular formula is C21H24N2O2. The molecule has 0 saturated carbocycles. The fourth-order valence-corrected chi connectivity index (χ4v) is 3.23. The maximum absolute atomic E-state index is 12.5. The Morgan fingerprint density at radius 1 is 0.960 bits per heavy atom. The Kier molecular flexibility index (Phi) is 5.83. The zero-order valence-electron chi connectivity index (χ0n) is 14.4. The molecule has 0 radical (unpaired) electrons. The van der Waals surface area contributed by atoms with Crippen molar-refractivity contribution in [2.24, 2.45) is 5.92 Å². The standard InChI is InChI=1S/C21H24N2O2/c24-20(14-17-8-3-1-4-9-17)23-13-7-12-19(16-23)21(25)22-15-18-10-5-2-6-11-18/h1-6,8-11,19H,7,12-16H2,(H,22,25). The maximum atomic E-state index is 12.5. The van der Waals surface area contributed by atoms with E-state index in [4.69, 9.17) is 0 Å². The highest BCUT2D eigenvalue weighted by molar-refractivity contribution is 5.82. The number of carbonyl (C=O) groups is 2. The minimum atomic E-state index is -0.114. The van der Waals surface area contributed by atoms with Crippen LogP contribution in [0.2, 0.25) is 0 Å². The molecule has 4 nitrogen and oxygen atoms in total. The molecule has 1 N–H and O–H groups in total. The van der Waals surface area contributed by atoms with Crippen LogP contribution in [-0.4, -0.2) is 29.8 Å². The van der Waals surface area contributed by atoms with Crippen molar-refractivity contribution in [3.63, 3.8) is 0 Å². The van der Waals surface area contributed by atoms with Crippen molar-refractivity contribution in [1.29, 1.82) is 0 Å². The fourth-order valence-electron chi connectivity index (χ4n) is 3.23. The molecule has 130 valence electrons. The van der Waals surface area contributed by atoms with Gasteiger partial charge < -0.3 is 10.2 Å². The van der Waals surface area contributed by atoms with Crippen LogP contribution < -0.4 is 5.32 Å². The first-order valence-corrected chi connectivity index (χ1v) is 8.86. The summed E-state index contributed by atoms with van der Waals surface area (Å²) in [5, 5.41) is 3.00. The summed E-state index contributed by atoms with van der Waals surface area (Å²) in [6.45, 7) is 1.80. The quantitative estimate of drug-likeness (QED) is 0.913. The lowest BCUT2D eigenvalue weighted by molar-refractivity contribution is -0.135. The Hall–Kier alpha value is -2.62. The molecule has 1 aliphatic rings. The summed E-state index contributed by atoms with van der Waals surface area (Å²) < 4.78 is 0. The molecule has 1 aliphatic heterocycles. The fraction of sp³-hybridized carbons (Fsp3) is 0.333. The van der Waals surface area contributed by atoms with E-state index in [9.17, 15) is 9.59 Å².